The van der Waals surface area contributed by atoms with E-state index in [0.717, 1.165) is 4.64 Å². The fourth-order valence-corrected chi connectivity index (χ4v) is 2.91. The van der Waals surface area contributed by atoms with Gasteiger partial charge in [0.25, 0.3) is 0 Å². The van der Waals surface area contributed by atoms with Crippen LogP contribution >= 0.6 is 12.2 Å². The molecule has 1 fully saturated rings. The number of nitrogens with zero attached hydrogens (tertiary/aromatic N) is 1. The molecular weight excluding hydrogens is 216 g/mol. The molecule has 3 heteroatoms. The van der Waals surface area contributed by atoms with E-state index in [0.29, 0.717) is 6.04 Å². The Morgan fingerprint density at radius 1 is 1.56 bits per heavy atom. The van der Waals surface area contributed by atoms with Crippen LogP contribution in [0.25, 0.3) is 0 Å². The Hall–Kier alpha value is -0.670. The van der Waals surface area contributed by atoms with Crippen molar-refractivity contribution in [2.24, 2.45) is 0 Å². The molecule has 0 spiro atoms. The average molecular weight is 236 g/mol. The summed E-state index contributed by atoms with van der Waals surface area (Å²) < 4.78 is 0.835. The van der Waals surface area contributed by atoms with Gasteiger partial charge in [-0.2, -0.15) is 0 Å². The van der Waals surface area contributed by atoms with Crippen LogP contribution in [0, 0.1) is 11.6 Å². The summed E-state index contributed by atoms with van der Waals surface area (Å²) in [6.07, 6.45) is 5.94. The van der Waals surface area contributed by atoms with Gasteiger partial charge in [0.15, 0.2) is 0 Å². The van der Waals surface area contributed by atoms with Crippen LogP contribution in [0.1, 0.15) is 43.4 Å². The van der Waals surface area contributed by atoms with E-state index < -0.39 is 0 Å². The van der Waals surface area contributed by atoms with Crippen molar-refractivity contribution in [1.82, 2.24) is 9.88 Å². The van der Waals surface area contributed by atoms with E-state index in [1.807, 2.05) is 0 Å². The molecule has 2 heterocycles. The molecule has 2 nitrogen and oxygen atoms in total. The lowest BCUT2D eigenvalue weighted by Gasteiger charge is -2.25. The molecule has 0 unspecified atom stereocenters. The van der Waals surface area contributed by atoms with Gasteiger partial charge in [-0.05, 0) is 56.5 Å². The van der Waals surface area contributed by atoms with Gasteiger partial charge in [-0.1, -0.05) is 19.1 Å². The second kappa shape index (κ2) is 5.11. The van der Waals surface area contributed by atoms with Crippen molar-refractivity contribution in [2.75, 3.05) is 13.1 Å². The molecule has 1 aromatic rings. The number of hydrogen-bond donors (Lipinski definition) is 1. The molecule has 1 atom stereocenters. The summed E-state index contributed by atoms with van der Waals surface area (Å²) in [5.41, 5.74) is 2.76. The highest BCUT2D eigenvalue weighted by Crippen LogP contribution is 2.33. The highest BCUT2D eigenvalue weighted by Gasteiger charge is 2.26. The van der Waals surface area contributed by atoms with Crippen molar-refractivity contribution >= 4 is 12.2 Å². The molecule has 16 heavy (non-hydrogen) atoms. The van der Waals surface area contributed by atoms with Gasteiger partial charge in [0.2, 0.25) is 0 Å². The third-order valence-electron chi connectivity index (χ3n) is 3.41. The number of pyridine rings is 1. The summed E-state index contributed by atoms with van der Waals surface area (Å²) in [6, 6.07) is 2.68. The van der Waals surface area contributed by atoms with Gasteiger partial charge in [-0.25, -0.2) is 0 Å². The molecule has 88 valence electrons. The number of hydrogen-bond acceptors (Lipinski definition) is 2. The molecule has 1 aliphatic rings. The van der Waals surface area contributed by atoms with Crippen LogP contribution in [-0.4, -0.2) is 23.0 Å². The quantitative estimate of drug-likeness (QED) is 0.809. The third-order valence-corrected chi connectivity index (χ3v) is 3.64. The molecule has 0 aromatic carbocycles. The molecule has 0 saturated carbocycles. The number of likely N-dealkylation sites (tertiary alicyclic amines) is 1. The second-order valence-electron chi connectivity index (χ2n) is 4.63. The van der Waals surface area contributed by atoms with E-state index in [4.69, 9.17) is 12.2 Å². The molecule has 1 saturated heterocycles. The van der Waals surface area contributed by atoms with Gasteiger partial charge in [-0.15, -0.1) is 0 Å². The standard InChI is InChI=1S/C13H20N2S/c1-3-6-15-7-4-5-12(15)11-9-14-13(16)8-10(11)2/h8-9,12H,3-7H2,1-2H3,(H,14,16)/t12-/m1/s1. The summed E-state index contributed by atoms with van der Waals surface area (Å²) >= 11 is 5.15. The maximum absolute atomic E-state index is 5.15. The molecule has 0 amide bonds. The lowest BCUT2D eigenvalue weighted by Crippen LogP contribution is -2.24. The first kappa shape index (κ1) is 11.8. The fourth-order valence-electron chi connectivity index (χ4n) is 2.68. The minimum atomic E-state index is 0.604. The van der Waals surface area contributed by atoms with Crippen LogP contribution < -0.4 is 0 Å². The van der Waals surface area contributed by atoms with Crippen LogP contribution in [0.5, 0.6) is 0 Å². The molecule has 2 rings (SSSR count). The minimum Gasteiger partial charge on any atom is -0.353 e. The van der Waals surface area contributed by atoms with Crippen molar-refractivity contribution in [1.29, 1.82) is 0 Å². The molecule has 0 aliphatic carbocycles. The topological polar surface area (TPSA) is 19.0 Å². The van der Waals surface area contributed by atoms with Crippen LogP contribution in [0.15, 0.2) is 12.3 Å². The maximum Gasteiger partial charge on any atom is 0.103 e. The summed E-state index contributed by atoms with van der Waals surface area (Å²) in [5, 5.41) is 0. The summed E-state index contributed by atoms with van der Waals surface area (Å²) in [7, 11) is 0. The predicted molar refractivity (Wildman–Crippen MR) is 70.2 cm³/mol. The number of aryl methyl sites for hydroxylation is 1. The number of rotatable bonds is 3. The van der Waals surface area contributed by atoms with Gasteiger partial charge in [-0.3, -0.25) is 4.90 Å². The van der Waals surface area contributed by atoms with Crippen molar-refractivity contribution in [3.05, 3.63) is 28.0 Å². The molecule has 1 aromatic heterocycles. The molecular formula is C13H20N2S. The third kappa shape index (κ3) is 2.36. The Bertz CT molecular complexity index is 411. The first-order valence-electron chi connectivity index (χ1n) is 6.15. The van der Waals surface area contributed by atoms with E-state index in [9.17, 15) is 0 Å². The largest absolute Gasteiger partial charge is 0.353 e. The van der Waals surface area contributed by atoms with Gasteiger partial charge in [0, 0.05) is 12.2 Å². The van der Waals surface area contributed by atoms with Gasteiger partial charge < -0.3 is 4.98 Å². The Morgan fingerprint density at radius 3 is 3.06 bits per heavy atom. The molecule has 1 aliphatic heterocycles. The van der Waals surface area contributed by atoms with Crippen LogP contribution in [0.2, 0.25) is 0 Å². The van der Waals surface area contributed by atoms with Gasteiger partial charge in [0.05, 0.1) is 0 Å². The highest BCUT2D eigenvalue weighted by molar-refractivity contribution is 7.71. The monoisotopic (exact) mass is 236 g/mol. The molecule has 0 bridgehead atoms. The molecule has 1 N–H and O–H groups in total. The van der Waals surface area contributed by atoms with Crippen molar-refractivity contribution in [2.45, 2.75) is 39.2 Å². The predicted octanol–water partition coefficient (Wildman–Crippen LogP) is 3.60. The first-order chi connectivity index (χ1) is 7.72. The maximum atomic E-state index is 5.15. The van der Waals surface area contributed by atoms with E-state index in [-0.39, 0.29) is 0 Å². The smallest absolute Gasteiger partial charge is 0.103 e. The Morgan fingerprint density at radius 2 is 2.38 bits per heavy atom. The van der Waals surface area contributed by atoms with E-state index in [1.165, 1.54) is 43.5 Å². The Kier molecular flexibility index (Phi) is 3.77. The zero-order valence-electron chi connectivity index (χ0n) is 10.1. The van der Waals surface area contributed by atoms with Crippen LogP contribution in [0.3, 0.4) is 0 Å². The Labute approximate surface area is 103 Å². The zero-order chi connectivity index (χ0) is 11.5. The summed E-state index contributed by atoms with van der Waals surface area (Å²) in [4.78, 5) is 5.76. The van der Waals surface area contributed by atoms with E-state index >= 15 is 0 Å². The number of aromatic nitrogens is 1. The summed E-state index contributed by atoms with van der Waals surface area (Å²) in [6.45, 7) is 6.87. The molecule has 0 radical (unpaired) electrons. The Balaban J connectivity index is 2.25. The highest BCUT2D eigenvalue weighted by atomic mass is 32.1. The van der Waals surface area contributed by atoms with Crippen LogP contribution in [-0.2, 0) is 0 Å². The van der Waals surface area contributed by atoms with Crippen molar-refractivity contribution < 1.29 is 0 Å². The average Bonchev–Trinajstić information content (AvgIpc) is 2.67. The summed E-state index contributed by atoms with van der Waals surface area (Å²) in [5.74, 6) is 0. The van der Waals surface area contributed by atoms with Crippen LogP contribution in [0.4, 0.5) is 0 Å². The van der Waals surface area contributed by atoms with Gasteiger partial charge >= 0.3 is 0 Å². The van der Waals surface area contributed by atoms with Crippen molar-refractivity contribution in [3.63, 3.8) is 0 Å². The van der Waals surface area contributed by atoms with E-state index in [2.05, 4.69) is 36.0 Å². The van der Waals surface area contributed by atoms with Crippen molar-refractivity contribution in [3.8, 4) is 0 Å². The second-order valence-corrected chi connectivity index (χ2v) is 5.07. The number of nitrogens with one attached hydrogen (secondary N) is 1. The zero-order valence-corrected chi connectivity index (χ0v) is 10.9. The minimum absolute atomic E-state index is 0.604. The number of H-pyrrole nitrogens is 1. The lowest BCUT2D eigenvalue weighted by atomic mass is 10.0. The lowest BCUT2D eigenvalue weighted by molar-refractivity contribution is 0.257. The SMILES string of the molecule is CCCN1CCC[C@@H]1c1c[nH]c(=S)cc1C. The van der Waals surface area contributed by atoms with E-state index in [1.54, 1.807) is 0 Å². The first-order valence-corrected chi connectivity index (χ1v) is 6.56. The van der Waals surface area contributed by atoms with Gasteiger partial charge in [0.1, 0.15) is 4.64 Å². The fraction of sp³-hybridized carbons (Fsp3) is 0.615. The number of aromatic amines is 1. The normalized spacial score (nSPS) is 21.5.